The average molecular weight is 416 g/mol. The molecule has 0 saturated heterocycles. The van der Waals surface area contributed by atoms with E-state index in [2.05, 4.69) is 47.3 Å². The van der Waals surface area contributed by atoms with Gasteiger partial charge in [0.15, 0.2) is 5.11 Å². The fourth-order valence-corrected chi connectivity index (χ4v) is 3.41. The van der Waals surface area contributed by atoms with Crippen LogP contribution in [0.5, 0.6) is 0 Å². The van der Waals surface area contributed by atoms with Crippen LogP contribution in [0.1, 0.15) is 42.3 Å². The lowest BCUT2D eigenvalue weighted by Crippen LogP contribution is -2.34. The molecule has 2 aromatic carbocycles. The molecule has 128 valence electrons. The Kier molecular flexibility index (Phi) is 5.93. The zero-order valence-corrected chi connectivity index (χ0v) is 16.6. The molecule has 0 unspecified atom stereocenters. The number of rotatable bonds is 2. The van der Waals surface area contributed by atoms with Crippen LogP contribution in [-0.2, 0) is 5.41 Å². The van der Waals surface area contributed by atoms with Gasteiger partial charge in [-0.3, -0.25) is 10.1 Å². The van der Waals surface area contributed by atoms with E-state index >= 15 is 0 Å². The van der Waals surface area contributed by atoms with Crippen molar-refractivity contribution in [1.82, 2.24) is 5.32 Å². The molecule has 0 aliphatic carbocycles. The van der Waals surface area contributed by atoms with Crippen molar-refractivity contribution < 1.29 is 4.79 Å². The summed E-state index contributed by atoms with van der Waals surface area (Å²) in [5, 5.41) is 14.6. The van der Waals surface area contributed by atoms with Crippen LogP contribution in [0.25, 0.3) is 0 Å². The van der Waals surface area contributed by atoms with E-state index in [4.69, 9.17) is 17.5 Å². The number of amides is 1. The average Bonchev–Trinajstić information content (AvgIpc) is 2.54. The standard InChI is InChI=1S/C19H18BrN3OS/c1-19(2,3)15-9-6-13(10-16(15)20)17(24)23-18(25)22-14-7-4-12(11-21)5-8-14/h4-10H,1-3H3,(H2,22,23,24,25). The Morgan fingerprint density at radius 2 is 1.80 bits per heavy atom. The van der Waals surface area contributed by atoms with E-state index in [1.165, 1.54) is 0 Å². The number of halogens is 1. The molecule has 6 heteroatoms. The Labute approximate surface area is 161 Å². The first-order valence-corrected chi connectivity index (χ1v) is 8.83. The molecule has 4 nitrogen and oxygen atoms in total. The molecule has 0 aliphatic heterocycles. The predicted molar refractivity (Wildman–Crippen MR) is 108 cm³/mol. The summed E-state index contributed by atoms with van der Waals surface area (Å²) >= 11 is 8.70. The summed E-state index contributed by atoms with van der Waals surface area (Å²) in [7, 11) is 0. The molecular weight excluding hydrogens is 398 g/mol. The summed E-state index contributed by atoms with van der Waals surface area (Å²) in [4.78, 5) is 12.4. The molecule has 0 fully saturated rings. The Morgan fingerprint density at radius 1 is 1.16 bits per heavy atom. The van der Waals surface area contributed by atoms with Gasteiger partial charge in [-0.05, 0) is 59.6 Å². The first kappa shape index (κ1) is 19.1. The van der Waals surface area contributed by atoms with E-state index in [0.29, 0.717) is 16.8 Å². The summed E-state index contributed by atoms with van der Waals surface area (Å²) in [6.07, 6.45) is 0. The van der Waals surface area contributed by atoms with Gasteiger partial charge in [0.05, 0.1) is 11.6 Å². The molecule has 2 rings (SSSR count). The number of nitriles is 1. The Morgan fingerprint density at radius 3 is 2.32 bits per heavy atom. The van der Waals surface area contributed by atoms with Crippen molar-refractivity contribution >= 4 is 44.9 Å². The number of benzene rings is 2. The first-order valence-electron chi connectivity index (χ1n) is 7.63. The quantitative estimate of drug-likeness (QED) is 0.694. The zero-order valence-electron chi connectivity index (χ0n) is 14.2. The lowest BCUT2D eigenvalue weighted by atomic mass is 9.86. The van der Waals surface area contributed by atoms with Gasteiger partial charge in [0.2, 0.25) is 0 Å². The van der Waals surface area contributed by atoms with E-state index in [9.17, 15) is 4.79 Å². The van der Waals surface area contributed by atoms with E-state index in [-0.39, 0.29) is 16.4 Å². The topological polar surface area (TPSA) is 64.9 Å². The number of nitrogens with one attached hydrogen (secondary N) is 2. The molecule has 0 aliphatic rings. The van der Waals surface area contributed by atoms with Gasteiger partial charge in [-0.1, -0.05) is 42.8 Å². The van der Waals surface area contributed by atoms with E-state index < -0.39 is 0 Å². The molecule has 0 spiro atoms. The minimum atomic E-state index is -0.285. The van der Waals surface area contributed by atoms with Crippen LogP contribution in [0.2, 0.25) is 0 Å². The van der Waals surface area contributed by atoms with Crippen LogP contribution in [0.4, 0.5) is 5.69 Å². The summed E-state index contributed by atoms with van der Waals surface area (Å²) in [5.74, 6) is -0.285. The second-order valence-corrected chi connectivity index (χ2v) is 7.80. The summed E-state index contributed by atoms with van der Waals surface area (Å²) in [5.41, 5.74) is 2.89. The van der Waals surface area contributed by atoms with Crippen molar-refractivity contribution in [2.45, 2.75) is 26.2 Å². The third-order valence-corrected chi connectivity index (χ3v) is 4.40. The SMILES string of the molecule is CC(C)(C)c1ccc(C(=O)NC(=S)Nc2ccc(C#N)cc2)cc1Br. The largest absolute Gasteiger partial charge is 0.332 e. The molecule has 2 aromatic rings. The lowest BCUT2D eigenvalue weighted by Gasteiger charge is -2.21. The fraction of sp³-hybridized carbons (Fsp3) is 0.211. The number of thiocarbonyl (C=S) groups is 1. The Balaban J connectivity index is 2.05. The third kappa shape index (κ3) is 5.12. The van der Waals surface area contributed by atoms with Gasteiger partial charge in [0, 0.05) is 15.7 Å². The molecule has 0 bridgehead atoms. The van der Waals surface area contributed by atoms with Crippen molar-refractivity contribution in [1.29, 1.82) is 5.26 Å². The Bertz CT molecular complexity index is 848. The van der Waals surface area contributed by atoms with Gasteiger partial charge < -0.3 is 5.32 Å². The Hall–Kier alpha value is -2.23. The molecule has 1 amide bonds. The number of carbonyl (C=O) groups is 1. The van der Waals surface area contributed by atoms with Crippen molar-refractivity contribution in [2.24, 2.45) is 0 Å². The van der Waals surface area contributed by atoms with Gasteiger partial charge in [-0.15, -0.1) is 0 Å². The monoisotopic (exact) mass is 415 g/mol. The summed E-state index contributed by atoms with van der Waals surface area (Å²) < 4.78 is 0.888. The second kappa shape index (κ2) is 7.77. The third-order valence-electron chi connectivity index (χ3n) is 3.54. The van der Waals surface area contributed by atoms with Crippen LogP contribution in [-0.4, -0.2) is 11.0 Å². The van der Waals surface area contributed by atoms with Crippen molar-refractivity contribution in [3.8, 4) is 6.07 Å². The van der Waals surface area contributed by atoms with Crippen LogP contribution in [0.3, 0.4) is 0 Å². The molecule has 0 saturated carbocycles. The molecular formula is C19H18BrN3OS. The van der Waals surface area contributed by atoms with Gasteiger partial charge in [-0.25, -0.2) is 0 Å². The van der Waals surface area contributed by atoms with E-state index in [1.54, 1.807) is 36.4 Å². The van der Waals surface area contributed by atoms with E-state index in [0.717, 1.165) is 10.0 Å². The van der Waals surface area contributed by atoms with Crippen molar-refractivity contribution in [3.63, 3.8) is 0 Å². The zero-order chi connectivity index (χ0) is 18.6. The highest BCUT2D eigenvalue weighted by molar-refractivity contribution is 9.10. The van der Waals surface area contributed by atoms with Gasteiger partial charge in [-0.2, -0.15) is 5.26 Å². The number of nitrogens with zero attached hydrogens (tertiary/aromatic N) is 1. The number of hydrogen-bond donors (Lipinski definition) is 2. The maximum atomic E-state index is 12.4. The normalized spacial score (nSPS) is 10.7. The molecule has 25 heavy (non-hydrogen) atoms. The van der Waals surface area contributed by atoms with Crippen molar-refractivity contribution in [2.75, 3.05) is 5.32 Å². The van der Waals surface area contributed by atoms with Crippen LogP contribution in [0.15, 0.2) is 46.9 Å². The highest BCUT2D eigenvalue weighted by atomic mass is 79.9. The second-order valence-electron chi connectivity index (χ2n) is 6.54. The number of carbonyl (C=O) groups excluding carboxylic acids is 1. The molecule has 0 aromatic heterocycles. The minimum absolute atomic E-state index is 0.0136. The summed E-state index contributed by atoms with van der Waals surface area (Å²) in [6, 6.07) is 14.4. The molecule has 0 radical (unpaired) electrons. The van der Waals surface area contributed by atoms with E-state index in [1.807, 2.05) is 12.1 Å². The molecule has 2 N–H and O–H groups in total. The number of hydrogen-bond acceptors (Lipinski definition) is 3. The van der Waals surface area contributed by atoms with Crippen LogP contribution >= 0.6 is 28.1 Å². The highest BCUT2D eigenvalue weighted by Gasteiger charge is 2.18. The maximum absolute atomic E-state index is 12.4. The minimum Gasteiger partial charge on any atom is -0.332 e. The number of anilines is 1. The first-order chi connectivity index (χ1) is 11.7. The smallest absolute Gasteiger partial charge is 0.257 e. The maximum Gasteiger partial charge on any atom is 0.257 e. The molecule has 0 atom stereocenters. The van der Waals surface area contributed by atoms with Crippen molar-refractivity contribution in [3.05, 3.63) is 63.6 Å². The van der Waals surface area contributed by atoms with Gasteiger partial charge in [0.1, 0.15) is 0 Å². The van der Waals surface area contributed by atoms with Crippen LogP contribution in [0, 0.1) is 11.3 Å². The molecule has 0 heterocycles. The fourth-order valence-electron chi connectivity index (χ4n) is 2.23. The highest BCUT2D eigenvalue weighted by Crippen LogP contribution is 2.30. The van der Waals surface area contributed by atoms with Gasteiger partial charge in [0.25, 0.3) is 5.91 Å². The predicted octanol–water partition coefficient (Wildman–Crippen LogP) is 4.75. The van der Waals surface area contributed by atoms with Gasteiger partial charge >= 0.3 is 0 Å². The van der Waals surface area contributed by atoms with Crippen LogP contribution < -0.4 is 10.6 Å². The summed E-state index contributed by atoms with van der Waals surface area (Å²) in [6.45, 7) is 6.34. The lowest BCUT2D eigenvalue weighted by molar-refractivity contribution is 0.0977.